The number of ether oxygens (including phenoxy) is 2. The first-order valence-electron chi connectivity index (χ1n) is 6.76. The van der Waals surface area contributed by atoms with Gasteiger partial charge in [-0.05, 0) is 38.5 Å². The fraction of sp³-hybridized carbons (Fsp3) is 0.438. The first kappa shape index (κ1) is 17.7. The van der Waals surface area contributed by atoms with Crippen LogP contribution in [0, 0.1) is 11.3 Å². The largest absolute Gasteiger partial charge is 0.496 e. The molecule has 1 amide bonds. The Morgan fingerprint density at radius 1 is 1.41 bits per heavy atom. The maximum atomic E-state index is 11.7. The smallest absolute Gasteiger partial charge is 0.434 e. The molecule has 0 atom stereocenters. The molecule has 0 saturated carbocycles. The van der Waals surface area contributed by atoms with Crippen molar-refractivity contribution in [3.8, 4) is 11.8 Å². The average Bonchev–Trinajstić information content (AvgIpc) is 2.44. The van der Waals surface area contributed by atoms with Crippen molar-refractivity contribution in [3.05, 3.63) is 29.3 Å². The van der Waals surface area contributed by atoms with Crippen LogP contribution in [0.4, 0.5) is 4.79 Å². The molecule has 0 aliphatic carbocycles. The summed E-state index contributed by atoms with van der Waals surface area (Å²) in [5.74, 6) is 0.504. The Kier molecular flexibility index (Phi) is 6.08. The Bertz CT molecular complexity index is 610. The predicted molar refractivity (Wildman–Crippen MR) is 82.2 cm³/mol. The lowest BCUT2D eigenvalue weighted by molar-refractivity contribution is 0.0603. The summed E-state index contributed by atoms with van der Waals surface area (Å²) in [6, 6.07) is 6.96. The molecule has 22 heavy (non-hydrogen) atoms. The molecule has 0 spiro atoms. The highest BCUT2D eigenvalue weighted by Gasteiger charge is 2.17. The van der Waals surface area contributed by atoms with Crippen molar-refractivity contribution in [2.24, 2.45) is 4.99 Å². The van der Waals surface area contributed by atoms with Crippen molar-refractivity contribution in [1.82, 2.24) is 0 Å². The van der Waals surface area contributed by atoms with Gasteiger partial charge in [0.25, 0.3) is 0 Å². The second kappa shape index (κ2) is 7.57. The lowest BCUT2D eigenvalue weighted by Gasteiger charge is -2.17. The summed E-state index contributed by atoms with van der Waals surface area (Å²) >= 11 is 0. The van der Waals surface area contributed by atoms with E-state index in [9.17, 15) is 9.90 Å². The summed E-state index contributed by atoms with van der Waals surface area (Å²) in [6.07, 6.45) is -0.519. The van der Waals surface area contributed by atoms with Crippen molar-refractivity contribution in [2.75, 3.05) is 13.7 Å². The van der Waals surface area contributed by atoms with Crippen LogP contribution in [0.5, 0.6) is 5.75 Å². The number of methoxy groups -OCH3 is 1. The maximum Gasteiger partial charge on any atom is 0.434 e. The topological polar surface area (TPSA) is 91.9 Å². The van der Waals surface area contributed by atoms with E-state index in [0.29, 0.717) is 11.3 Å². The lowest BCUT2D eigenvalue weighted by Crippen LogP contribution is -2.23. The van der Waals surface area contributed by atoms with Gasteiger partial charge in [-0.15, -0.1) is 0 Å². The van der Waals surface area contributed by atoms with Gasteiger partial charge in [0, 0.05) is 6.42 Å². The molecule has 0 radical (unpaired) electrons. The third-order valence-electron chi connectivity index (χ3n) is 2.64. The number of carbonyl (C=O) groups excluding carboxylic acids is 1. The Hall–Kier alpha value is -2.39. The summed E-state index contributed by atoms with van der Waals surface area (Å²) < 4.78 is 10.3. The molecule has 6 heteroatoms. The summed E-state index contributed by atoms with van der Waals surface area (Å²) in [5, 5.41) is 18.2. The van der Waals surface area contributed by atoms with Gasteiger partial charge >= 0.3 is 6.09 Å². The summed E-state index contributed by atoms with van der Waals surface area (Å²) in [7, 11) is 1.49. The van der Waals surface area contributed by atoms with Gasteiger partial charge in [0.15, 0.2) is 0 Å². The normalized spacial score (nSPS) is 11.7. The van der Waals surface area contributed by atoms with E-state index in [2.05, 4.69) is 4.99 Å². The third kappa shape index (κ3) is 5.54. The number of carbonyl (C=O) groups is 1. The number of aliphatic imine (C=N–C) groups is 1. The van der Waals surface area contributed by atoms with Crippen LogP contribution in [-0.2, 0) is 11.2 Å². The van der Waals surface area contributed by atoms with Crippen molar-refractivity contribution < 1.29 is 19.4 Å². The van der Waals surface area contributed by atoms with Crippen LogP contribution in [0.3, 0.4) is 0 Å². The second-order valence-electron chi connectivity index (χ2n) is 5.63. The molecule has 0 bridgehead atoms. The fourth-order valence-corrected chi connectivity index (χ4v) is 1.72. The van der Waals surface area contributed by atoms with E-state index in [4.69, 9.17) is 14.7 Å². The summed E-state index contributed by atoms with van der Waals surface area (Å²) in [4.78, 5) is 15.5. The molecule has 0 heterocycles. The van der Waals surface area contributed by atoms with E-state index >= 15 is 0 Å². The Labute approximate surface area is 130 Å². The van der Waals surface area contributed by atoms with Crippen molar-refractivity contribution in [3.63, 3.8) is 0 Å². The predicted octanol–water partition coefficient (Wildman–Crippen LogP) is 2.48. The minimum Gasteiger partial charge on any atom is -0.496 e. The number of nitriles is 1. The van der Waals surface area contributed by atoms with Crippen molar-refractivity contribution in [1.29, 1.82) is 5.26 Å². The van der Waals surface area contributed by atoms with Gasteiger partial charge in [0.1, 0.15) is 11.4 Å². The van der Waals surface area contributed by atoms with Gasteiger partial charge < -0.3 is 14.6 Å². The minimum absolute atomic E-state index is 0.227. The van der Waals surface area contributed by atoms with Gasteiger partial charge in [0.2, 0.25) is 0 Å². The summed E-state index contributed by atoms with van der Waals surface area (Å²) in [5.41, 5.74) is 0.804. The van der Waals surface area contributed by atoms with E-state index in [1.54, 1.807) is 39.0 Å². The number of rotatable bonds is 4. The molecule has 1 N–H and O–H groups in total. The molecule has 0 aliphatic heterocycles. The highest BCUT2D eigenvalue weighted by atomic mass is 16.6. The second-order valence-corrected chi connectivity index (χ2v) is 5.63. The van der Waals surface area contributed by atoms with E-state index in [1.165, 1.54) is 7.11 Å². The Balaban J connectivity index is 2.95. The zero-order chi connectivity index (χ0) is 16.8. The van der Waals surface area contributed by atoms with Crippen LogP contribution >= 0.6 is 0 Å². The molecule has 1 aromatic carbocycles. The molecule has 118 valence electrons. The first-order valence-corrected chi connectivity index (χ1v) is 6.76. The third-order valence-corrected chi connectivity index (χ3v) is 2.64. The number of hydrogen-bond acceptors (Lipinski definition) is 5. The summed E-state index contributed by atoms with van der Waals surface area (Å²) in [6.45, 7) is 4.84. The fourth-order valence-electron chi connectivity index (χ4n) is 1.72. The van der Waals surface area contributed by atoms with E-state index < -0.39 is 11.7 Å². The van der Waals surface area contributed by atoms with E-state index in [1.807, 2.05) is 6.07 Å². The molecule has 0 unspecified atom stereocenters. The average molecular weight is 304 g/mol. The standard InChI is InChI=1S/C16H20N2O4/c1-16(2,3)22-15(20)18-13(10-19)8-12-6-5-11(9-17)7-14(12)21-4/h5-7,19H,8,10H2,1-4H3/b18-13-. The Morgan fingerprint density at radius 3 is 2.59 bits per heavy atom. The molecule has 0 aliphatic rings. The van der Waals surface area contributed by atoms with Gasteiger partial charge in [0.05, 0.1) is 31.1 Å². The number of aliphatic hydroxyl groups is 1. The van der Waals surface area contributed by atoms with Gasteiger partial charge in [-0.3, -0.25) is 0 Å². The zero-order valence-electron chi connectivity index (χ0n) is 13.2. The number of benzene rings is 1. The van der Waals surface area contributed by atoms with Crippen LogP contribution in [0.2, 0.25) is 0 Å². The highest BCUT2D eigenvalue weighted by Crippen LogP contribution is 2.21. The van der Waals surface area contributed by atoms with Crippen molar-refractivity contribution >= 4 is 11.8 Å². The molecule has 0 saturated heterocycles. The van der Waals surface area contributed by atoms with Crippen LogP contribution in [0.25, 0.3) is 0 Å². The molecule has 1 aromatic rings. The van der Waals surface area contributed by atoms with E-state index in [0.717, 1.165) is 5.56 Å². The Morgan fingerprint density at radius 2 is 2.09 bits per heavy atom. The van der Waals surface area contributed by atoms with Crippen LogP contribution < -0.4 is 4.74 Å². The first-order chi connectivity index (χ1) is 10.3. The molecule has 1 rings (SSSR count). The zero-order valence-corrected chi connectivity index (χ0v) is 13.2. The molecular formula is C16H20N2O4. The van der Waals surface area contributed by atoms with Crippen LogP contribution in [0.15, 0.2) is 23.2 Å². The van der Waals surface area contributed by atoms with Crippen LogP contribution in [-0.4, -0.2) is 36.2 Å². The quantitative estimate of drug-likeness (QED) is 0.863. The molecule has 6 nitrogen and oxygen atoms in total. The number of amides is 1. The van der Waals surface area contributed by atoms with Crippen molar-refractivity contribution in [2.45, 2.75) is 32.8 Å². The van der Waals surface area contributed by atoms with Gasteiger partial charge in [-0.1, -0.05) is 6.07 Å². The lowest BCUT2D eigenvalue weighted by atomic mass is 10.1. The SMILES string of the molecule is COc1cc(C#N)ccc1C/C(CO)=N/C(=O)OC(C)(C)C. The monoisotopic (exact) mass is 304 g/mol. The van der Waals surface area contributed by atoms with Gasteiger partial charge in [-0.2, -0.15) is 10.3 Å². The number of hydrogen-bond donors (Lipinski definition) is 1. The highest BCUT2D eigenvalue weighted by molar-refractivity contribution is 5.95. The number of nitrogens with zero attached hydrogens (tertiary/aromatic N) is 2. The van der Waals surface area contributed by atoms with E-state index in [-0.39, 0.29) is 18.7 Å². The number of aliphatic hydroxyl groups excluding tert-OH is 1. The van der Waals surface area contributed by atoms with Gasteiger partial charge in [-0.25, -0.2) is 4.79 Å². The minimum atomic E-state index is -0.746. The molecule has 0 fully saturated rings. The molecule has 0 aromatic heterocycles. The van der Waals surface area contributed by atoms with Crippen LogP contribution in [0.1, 0.15) is 31.9 Å². The molecular weight excluding hydrogens is 284 g/mol. The maximum absolute atomic E-state index is 11.7.